The fourth-order valence-electron chi connectivity index (χ4n) is 3.00. The topological polar surface area (TPSA) is 136 Å². The van der Waals surface area contributed by atoms with E-state index in [2.05, 4.69) is 10.6 Å². The summed E-state index contributed by atoms with van der Waals surface area (Å²) in [4.78, 5) is 19.1. The maximum Gasteiger partial charge on any atom is 0.328 e. The summed E-state index contributed by atoms with van der Waals surface area (Å²) in [5.74, 6) is 0.473. The van der Waals surface area contributed by atoms with Gasteiger partial charge in [-0.2, -0.15) is 0 Å². The molecule has 10 heteroatoms. The molecule has 10 nitrogen and oxygen atoms in total. The molecule has 1 heterocycles. The number of para-hydroxylation sites is 3. The van der Waals surface area contributed by atoms with Crippen molar-refractivity contribution < 1.29 is 38.7 Å². The molecule has 0 spiro atoms. The average molecular weight is 475 g/mol. The number of anilines is 1. The lowest BCUT2D eigenvalue weighted by Crippen LogP contribution is -2.39. The van der Waals surface area contributed by atoms with Crippen molar-refractivity contribution in [3.05, 3.63) is 54.6 Å². The summed E-state index contributed by atoms with van der Waals surface area (Å²) >= 11 is 0. The lowest BCUT2D eigenvalue weighted by Gasteiger charge is -2.27. The summed E-state index contributed by atoms with van der Waals surface area (Å²) < 4.78 is 22.5. The number of carboxylic acid groups (broad SMARTS) is 2. The predicted molar refractivity (Wildman–Crippen MR) is 126 cm³/mol. The molecule has 1 aliphatic rings. The first-order chi connectivity index (χ1) is 16.4. The maximum atomic E-state index is 9.55. The number of hydrogen-bond acceptors (Lipinski definition) is 8. The Kier molecular flexibility index (Phi) is 11.1. The minimum atomic E-state index is -1.26. The van der Waals surface area contributed by atoms with Gasteiger partial charge in [-0.05, 0) is 37.2 Å². The highest BCUT2D eigenvalue weighted by molar-refractivity contribution is 5.89. The number of nitrogens with one attached hydrogen (secondary N) is 2. The molecule has 34 heavy (non-hydrogen) atoms. The molecule has 2 aromatic rings. The molecule has 2 aromatic carbocycles. The van der Waals surface area contributed by atoms with E-state index in [4.69, 9.17) is 29.2 Å². The van der Waals surface area contributed by atoms with Crippen molar-refractivity contribution in [2.75, 3.05) is 45.8 Å². The second kappa shape index (κ2) is 14.3. The monoisotopic (exact) mass is 474 g/mol. The van der Waals surface area contributed by atoms with Gasteiger partial charge in [-0.3, -0.25) is 0 Å². The minimum absolute atomic E-state index is 0.0269. The fraction of sp³-hybridized carbons (Fsp3) is 0.333. The Balaban J connectivity index is 0.000000440. The number of aliphatic carboxylic acids is 2. The third-order valence-electron chi connectivity index (χ3n) is 4.57. The first-order valence-corrected chi connectivity index (χ1v) is 10.6. The van der Waals surface area contributed by atoms with Crippen molar-refractivity contribution in [3.8, 4) is 23.0 Å². The second-order valence-electron chi connectivity index (χ2n) is 7.03. The van der Waals surface area contributed by atoms with Gasteiger partial charge >= 0.3 is 11.9 Å². The molecule has 0 fully saturated rings. The molecule has 0 bridgehead atoms. The zero-order valence-electron chi connectivity index (χ0n) is 19.2. The molecule has 0 amide bonds. The van der Waals surface area contributed by atoms with Crippen molar-refractivity contribution in [2.45, 2.75) is 12.5 Å². The molecule has 3 rings (SSSR count). The van der Waals surface area contributed by atoms with E-state index in [-0.39, 0.29) is 6.10 Å². The Bertz CT molecular complexity index is 933. The highest BCUT2D eigenvalue weighted by Crippen LogP contribution is 2.39. The lowest BCUT2D eigenvalue weighted by molar-refractivity contribution is -0.134. The van der Waals surface area contributed by atoms with Crippen molar-refractivity contribution in [1.29, 1.82) is 0 Å². The molecular formula is C24H30N2O8. The number of rotatable bonds is 11. The van der Waals surface area contributed by atoms with Gasteiger partial charge in [0.15, 0.2) is 11.5 Å². The smallest absolute Gasteiger partial charge is 0.328 e. The van der Waals surface area contributed by atoms with Crippen LogP contribution in [0.4, 0.5) is 5.69 Å². The van der Waals surface area contributed by atoms with Gasteiger partial charge in [0.25, 0.3) is 0 Å². The first kappa shape index (κ1) is 26.3. The molecule has 1 atom stereocenters. The fourth-order valence-corrected chi connectivity index (χ4v) is 3.00. The number of benzene rings is 2. The Labute approximate surface area is 198 Å². The zero-order valence-corrected chi connectivity index (χ0v) is 19.2. The van der Waals surface area contributed by atoms with Crippen molar-refractivity contribution in [3.63, 3.8) is 0 Å². The first-order valence-electron chi connectivity index (χ1n) is 10.6. The molecule has 4 N–H and O–H groups in total. The number of carbonyl (C=O) groups is 2. The Morgan fingerprint density at radius 2 is 1.68 bits per heavy atom. The van der Waals surface area contributed by atoms with Gasteiger partial charge in [0, 0.05) is 25.2 Å². The van der Waals surface area contributed by atoms with Gasteiger partial charge in [0.05, 0.1) is 19.9 Å². The van der Waals surface area contributed by atoms with Crippen LogP contribution >= 0.6 is 0 Å². The largest absolute Gasteiger partial charge is 0.495 e. The number of fused-ring (bicyclic) bond motifs is 1. The lowest BCUT2D eigenvalue weighted by atomic mass is 10.2. The maximum absolute atomic E-state index is 9.55. The molecule has 0 aromatic heterocycles. The van der Waals surface area contributed by atoms with Crippen LogP contribution in [0.3, 0.4) is 0 Å². The van der Waals surface area contributed by atoms with Crippen molar-refractivity contribution >= 4 is 17.6 Å². The van der Waals surface area contributed by atoms with Gasteiger partial charge in [0.1, 0.15) is 18.5 Å². The standard InChI is InChI=1S/C20H26N2O4.C4H4O4/c1-23-17-8-4-3-7-16(17)22-12-6-11-21-13-15-14-25-19-10-5-9-18(24-2)20(19)26-15;5-3(6)1-2-4(7)8/h3-5,7-10,15,21-22H,6,11-14H2,1-2H3;1-2H,(H,5,6)(H,7,8)/b;2-1-. The summed E-state index contributed by atoms with van der Waals surface area (Å²) in [7, 11) is 3.32. The van der Waals surface area contributed by atoms with Gasteiger partial charge in [-0.1, -0.05) is 18.2 Å². The van der Waals surface area contributed by atoms with Crippen LogP contribution < -0.4 is 29.6 Å². The second-order valence-corrected chi connectivity index (χ2v) is 7.03. The molecular weight excluding hydrogens is 444 g/mol. The van der Waals surface area contributed by atoms with Crippen molar-refractivity contribution in [2.24, 2.45) is 0 Å². The van der Waals surface area contributed by atoms with Crippen LogP contribution in [-0.2, 0) is 9.59 Å². The normalized spacial score (nSPS) is 14.0. The van der Waals surface area contributed by atoms with Gasteiger partial charge in [0.2, 0.25) is 5.75 Å². The highest BCUT2D eigenvalue weighted by Gasteiger charge is 2.23. The van der Waals surface area contributed by atoms with Crippen LogP contribution in [0.25, 0.3) is 0 Å². The molecule has 1 aliphatic heterocycles. The number of ether oxygens (including phenoxy) is 4. The Hall–Kier alpha value is -3.92. The van der Waals surface area contributed by atoms with Crippen LogP contribution in [0.2, 0.25) is 0 Å². The SMILES string of the molecule is COc1ccccc1NCCCNCC1COc2cccc(OC)c2O1.O=C(O)/C=C\C(=O)O. The van der Waals surface area contributed by atoms with Gasteiger partial charge in [-0.25, -0.2) is 9.59 Å². The summed E-state index contributed by atoms with van der Waals surface area (Å²) in [6, 6.07) is 13.6. The van der Waals surface area contributed by atoms with E-state index in [9.17, 15) is 9.59 Å². The summed E-state index contributed by atoms with van der Waals surface area (Å²) in [5.41, 5.74) is 1.02. The molecule has 0 saturated carbocycles. The van der Waals surface area contributed by atoms with Gasteiger partial charge in [-0.15, -0.1) is 0 Å². The van der Waals surface area contributed by atoms with E-state index in [0.29, 0.717) is 30.3 Å². The van der Waals surface area contributed by atoms with E-state index < -0.39 is 11.9 Å². The van der Waals surface area contributed by atoms with E-state index in [1.807, 2.05) is 42.5 Å². The predicted octanol–water partition coefficient (Wildman–Crippen LogP) is 2.65. The molecule has 184 valence electrons. The summed E-state index contributed by atoms with van der Waals surface area (Å²) in [5, 5.41) is 22.4. The molecule has 0 radical (unpaired) electrons. The van der Waals surface area contributed by atoms with Gasteiger partial charge < -0.3 is 39.8 Å². The summed E-state index contributed by atoms with van der Waals surface area (Å²) in [6.07, 6.45) is 2.08. The molecule has 1 unspecified atom stereocenters. The number of methoxy groups -OCH3 is 2. The summed E-state index contributed by atoms with van der Waals surface area (Å²) in [6.45, 7) is 3.02. The number of hydrogen-bond donors (Lipinski definition) is 4. The number of carboxylic acids is 2. The van der Waals surface area contributed by atoms with Crippen LogP contribution in [-0.4, -0.2) is 68.7 Å². The van der Waals surface area contributed by atoms with Crippen LogP contribution in [0, 0.1) is 0 Å². The Morgan fingerprint density at radius 1 is 1.00 bits per heavy atom. The third-order valence-corrected chi connectivity index (χ3v) is 4.57. The van der Waals surface area contributed by atoms with E-state index in [1.54, 1.807) is 14.2 Å². The zero-order chi connectivity index (χ0) is 24.8. The van der Waals surface area contributed by atoms with Crippen LogP contribution in [0.15, 0.2) is 54.6 Å². The Morgan fingerprint density at radius 3 is 2.35 bits per heavy atom. The van der Waals surface area contributed by atoms with Crippen LogP contribution in [0.5, 0.6) is 23.0 Å². The molecule has 0 aliphatic carbocycles. The minimum Gasteiger partial charge on any atom is -0.495 e. The highest BCUT2D eigenvalue weighted by atomic mass is 16.6. The van der Waals surface area contributed by atoms with Crippen LogP contribution in [0.1, 0.15) is 6.42 Å². The van der Waals surface area contributed by atoms with E-state index in [1.165, 1.54) is 0 Å². The third kappa shape index (κ3) is 8.91. The van der Waals surface area contributed by atoms with E-state index >= 15 is 0 Å². The van der Waals surface area contributed by atoms with Crippen molar-refractivity contribution in [1.82, 2.24) is 5.32 Å². The van der Waals surface area contributed by atoms with E-state index in [0.717, 1.165) is 43.2 Å². The quantitative estimate of drug-likeness (QED) is 0.284. The molecule has 0 saturated heterocycles. The average Bonchev–Trinajstić information content (AvgIpc) is 2.85.